The van der Waals surface area contributed by atoms with E-state index in [1.807, 2.05) is 28.9 Å². The number of benzene rings is 1. The van der Waals surface area contributed by atoms with Crippen LogP contribution in [0.15, 0.2) is 35.5 Å². The number of thioether (sulfide) groups is 1. The quantitative estimate of drug-likeness (QED) is 0.853. The first-order chi connectivity index (χ1) is 9.08. The van der Waals surface area contributed by atoms with Gasteiger partial charge in [-0.05, 0) is 38.5 Å². The van der Waals surface area contributed by atoms with Gasteiger partial charge in [-0.25, -0.2) is 9.67 Å². The fourth-order valence-corrected chi connectivity index (χ4v) is 2.72. The third-order valence-electron chi connectivity index (χ3n) is 2.84. The van der Waals surface area contributed by atoms with Gasteiger partial charge in [0.15, 0.2) is 0 Å². The van der Waals surface area contributed by atoms with Gasteiger partial charge in [-0.3, -0.25) is 0 Å². The van der Waals surface area contributed by atoms with E-state index in [1.54, 1.807) is 25.0 Å². The van der Waals surface area contributed by atoms with E-state index in [1.165, 1.54) is 0 Å². The number of hydrogen-bond donors (Lipinski definition) is 1. The van der Waals surface area contributed by atoms with E-state index in [2.05, 4.69) is 23.9 Å². The summed E-state index contributed by atoms with van der Waals surface area (Å²) in [6.45, 7) is 5.97. The van der Waals surface area contributed by atoms with Crippen molar-refractivity contribution in [2.75, 3.05) is 0 Å². The Kier molecular flexibility index (Phi) is 4.61. The van der Waals surface area contributed by atoms with Crippen molar-refractivity contribution in [2.24, 2.45) is 0 Å². The van der Waals surface area contributed by atoms with Crippen LogP contribution in [0.25, 0.3) is 0 Å². The summed E-state index contributed by atoms with van der Waals surface area (Å²) in [5.41, 5.74) is 0.940. The van der Waals surface area contributed by atoms with Crippen LogP contribution in [0.4, 0.5) is 0 Å². The van der Waals surface area contributed by atoms with Crippen LogP contribution in [0.1, 0.15) is 44.3 Å². The summed E-state index contributed by atoms with van der Waals surface area (Å²) < 4.78 is 1.94. The minimum absolute atomic E-state index is 0.321. The van der Waals surface area contributed by atoms with E-state index in [0.717, 1.165) is 22.0 Å². The fourth-order valence-electron chi connectivity index (χ4n) is 1.82. The van der Waals surface area contributed by atoms with Gasteiger partial charge in [0.25, 0.3) is 0 Å². The summed E-state index contributed by atoms with van der Waals surface area (Å²) in [6, 6.07) is 8.29. The highest BCUT2D eigenvalue weighted by molar-refractivity contribution is 7.98. The van der Waals surface area contributed by atoms with Crippen LogP contribution in [0, 0.1) is 0 Å². The molecule has 19 heavy (non-hydrogen) atoms. The van der Waals surface area contributed by atoms with Gasteiger partial charge in [-0.2, -0.15) is 5.10 Å². The van der Waals surface area contributed by atoms with Gasteiger partial charge in [0.1, 0.15) is 12.2 Å². The molecule has 1 aromatic heterocycles. The summed E-state index contributed by atoms with van der Waals surface area (Å²) in [5, 5.41) is 13.8. The topological polar surface area (TPSA) is 50.9 Å². The predicted octanol–water partition coefficient (Wildman–Crippen LogP) is 3.20. The molecule has 0 spiro atoms. The molecule has 0 aliphatic rings. The molecule has 1 atom stereocenters. The van der Waals surface area contributed by atoms with E-state index in [0.29, 0.717) is 6.04 Å². The van der Waals surface area contributed by atoms with Crippen LogP contribution < -0.4 is 0 Å². The number of aliphatic hydroxyl groups is 1. The SMILES string of the molecule is CC(O)c1cccc(SCc2ncnn2C(C)C)c1. The molecule has 2 rings (SSSR count). The first-order valence-corrected chi connectivity index (χ1v) is 7.35. The molecule has 0 fully saturated rings. The monoisotopic (exact) mass is 277 g/mol. The normalized spacial score (nSPS) is 12.9. The Bertz CT molecular complexity index is 537. The molecule has 4 nitrogen and oxygen atoms in total. The van der Waals surface area contributed by atoms with Crippen molar-refractivity contribution in [3.05, 3.63) is 42.0 Å². The lowest BCUT2D eigenvalue weighted by molar-refractivity contribution is 0.199. The highest BCUT2D eigenvalue weighted by atomic mass is 32.2. The van der Waals surface area contributed by atoms with Crippen molar-refractivity contribution in [1.29, 1.82) is 0 Å². The molecule has 1 unspecified atom stereocenters. The minimum Gasteiger partial charge on any atom is -0.389 e. The maximum Gasteiger partial charge on any atom is 0.138 e. The molecule has 0 amide bonds. The minimum atomic E-state index is -0.431. The first kappa shape index (κ1) is 14.1. The van der Waals surface area contributed by atoms with Gasteiger partial charge < -0.3 is 5.11 Å². The summed E-state index contributed by atoms with van der Waals surface area (Å²) >= 11 is 1.71. The van der Waals surface area contributed by atoms with Crippen LogP contribution in [0.3, 0.4) is 0 Å². The second-order valence-corrected chi connectivity index (χ2v) is 5.80. The molecule has 5 heteroatoms. The van der Waals surface area contributed by atoms with E-state index < -0.39 is 6.10 Å². The van der Waals surface area contributed by atoms with Crippen molar-refractivity contribution >= 4 is 11.8 Å². The Morgan fingerprint density at radius 1 is 1.32 bits per heavy atom. The molecule has 0 bridgehead atoms. The van der Waals surface area contributed by atoms with Crippen LogP contribution in [0.5, 0.6) is 0 Å². The highest BCUT2D eigenvalue weighted by Crippen LogP contribution is 2.25. The predicted molar refractivity (Wildman–Crippen MR) is 77.0 cm³/mol. The fraction of sp³-hybridized carbons (Fsp3) is 0.429. The van der Waals surface area contributed by atoms with Gasteiger partial charge >= 0.3 is 0 Å². The number of aromatic nitrogens is 3. The Hall–Kier alpha value is -1.33. The molecule has 0 aliphatic carbocycles. The van der Waals surface area contributed by atoms with Crippen molar-refractivity contribution in [3.63, 3.8) is 0 Å². The summed E-state index contributed by atoms with van der Waals surface area (Å²) in [5.74, 6) is 1.75. The Morgan fingerprint density at radius 2 is 2.11 bits per heavy atom. The second-order valence-electron chi connectivity index (χ2n) is 4.75. The number of aliphatic hydroxyl groups excluding tert-OH is 1. The lowest BCUT2D eigenvalue weighted by Gasteiger charge is -2.10. The molecule has 0 saturated heterocycles. The zero-order valence-corrected chi connectivity index (χ0v) is 12.3. The lowest BCUT2D eigenvalue weighted by Crippen LogP contribution is -2.07. The summed E-state index contributed by atoms with van der Waals surface area (Å²) in [6.07, 6.45) is 1.17. The average Bonchev–Trinajstić information content (AvgIpc) is 2.85. The largest absolute Gasteiger partial charge is 0.389 e. The van der Waals surface area contributed by atoms with E-state index >= 15 is 0 Å². The smallest absolute Gasteiger partial charge is 0.138 e. The molecule has 102 valence electrons. The molecular formula is C14H19N3OS. The second kappa shape index (κ2) is 6.21. The lowest BCUT2D eigenvalue weighted by atomic mass is 10.1. The van der Waals surface area contributed by atoms with Crippen LogP contribution in [0.2, 0.25) is 0 Å². The molecule has 1 N–H and O–H groups in total. The number of nitrogens with zero attached hydrogens (tertiary/aromatic N) is 3. The molecule has 0 aliphatic heterocycles. The molecular weight excluding hydrogens is 258 g/mol. The van der Waals surface area contributed by atoms with E-state index in [-0.39, 0.29) is 0 Å². The van der Waals surface area contributed by atoms with Gasteiger partial charge in [0.05, 0.1) is 11.9 Å². The molecule has 2 aromatic rings. The van der Waals surface area contributed by atoms with Crippen LogP contribution >= 0.6 is 11.8 Å². The van der Waals surface area contributed by atoms with Gasteiger partial charge in [0, 0.05) is 10.9 Å². The zero-order chi connectivity index (χ0) is 13.8. The first-order valence-electron chi connectivity index (χ1n) is 6.37. The average molecular weight is 277 g/mol. The van der Waals surface area contributed by atoms with Crippen molar-refractivity contribution < 1.29 is 5.11 Å². The van der Waals surface area contributed by atoms with Crippen LogP contribution in [-0.4, -0.2) is 19.9 Å². The maximum absolute atomic E-state index is 9.58. The van der Waals surface area contributed by atoms with Crippen molar-refractivity contribution in [2.45, 2.75) is 43.6 Å². The highest BCUT2D eigenvalue weighted by Gasteiger charge is 2.08. The summed E-state index contributed by atoms with van der Waals surface area (Å²) in [7, 11) is 0. The Labute approximate surface area is 117 Å². The molecule has 0 saturated carbocycles. The molecule has 1 heterocycles. The summed E-state index contributed by atoms with van der Waals surface area (Å²) in [4.78, 5) is 5.43. The third-order valence-corrected chi connectivity index (χ3v) is 3.83. The van der Waals surface area contributed by atoms with Gasteiger partial charge in [0.2, 0.25) is 0 Å². The van der Waals surface area contributed by atoms with Gasteiger partial charge in [-0.1, -0.05) is 12.1 Å². The zero-order valence-electron chi connectivity index (χ0n) is 11.4. The maximum atomic E-state index is 9.58. The third kappa shape index (κ3) is 3.58. The van der Waals surface area contributed by atoms with Crippen molar-refractivity contribution in [1.82, 2.24) is 14.8 Å². The Morgan fingerprint density at radius 3 is 2.79 bits per heavy atom. The number of hydrogen-bond acceptors (Lipinski definition) is 4. The van der Waals surface area contributed by atoms with Crippen molar-refractivity contribution in [3.8, 4) is 0 Å². The number of rotatable bonds is 5. The van der Waals surface area contributed by atoms with E-state index in [4.69, 9.17) is 0 Å². The Balaban J connectivity index is 2.06. The molecule has 1 aromatic carbocycles. The molecule has 0 radical (unpaired) electrons. The van der Waals surface area contributed by atoms with E-state index in [9.17, 15) is 5.11 Å². The van der Waals surface area contributed by atoms with Gasteiger partial charge in [-0.15, -0.1) is 11.8 Å². The standard InChI is InChI=1S/C14H19N3OS/c1-10(2)17-14(15-9-16-17)8-19-13-6-4-5-12(7-13)11(3)18/h4-7,9-11,18H,8H2,1-3H3. The van der Waals surface area contributed by atoms with Crippen LogP contribution in [-0.2, 0) is 5.75 Å².